The van der Waals surface area contributed by atoms with E-state index in [0.717, 1.165) is 53.2 Å². The van der Waals surface area contributed by atoms with Crippen molar-refractivity contribution >= 4 is 43.2 Å². The number of hydrogen-bond donors (Lipinski definition) is 7. The van der Waals surface area contributed by atoms with Crippen molar-refractivity contribution in [3.63, 3.8) is 0 Å². The summed E-state index contributed by atoms with van der Waals surface area (Å²) in [5, 5.41) is 42.4. The van der Waals surface area contributed by atoms with Gasteiger partial charge in [-0.3, -0.25) is 13.9 Å². The van der Waals surface area contributed by atoms with Crippen LogP contribution in [0.15, 0.2) is 82.3 Å². The number of nitrogens with one attached hydrogen (secondary N) is 1. The third kappa shape index (κ3) is 11.1. The maximum atomic E-state index is 12.6. The van der Waals surface area contributed by atoms with E-state index in [2.05, 4.69) is 14.8 Å². The van der Waals surface area contributed by atoms with Gasteiger partial charge in [0.1, 0.15) is 31.0 Å². The summed E-state index contributed by atoms with van der Waals surface area (Å²) in [5.74, 6) is -0.0594. The van der Waals surface area contributed by atoms with Gasteiger partial charge >= 0.3 is 0 Å². The Morgan fingerprint density at radius 3 is 2.18 bits per heavy atom. The highest BCUT2D eigenvalue weighted by molar-refractivity contribution is 7.86. The Labute approximate surface area is 364 Å². The number of rotatable bonds is 20. The fourth-order valence-corrected chi connectivity index (χ4v) is 9.52. The van der Waals surface area contributed by atoms with Crippen LogP contribution in [-0.2, 0) is 45.3 Å². The van der Waals surface area contributed by atoms with Gasteiger partial charge in [-0.05, 0) is 94.8 Å². The first-order valence-corrected chi connectivity index (χ1v) is 23.9. The van der Waals surface area contributed by atoms with Crippen LogP contribution in [0, 0.1) is 0 Å². The molecule has 0 aliphatic carbocycles. The van der Waals surface area contributed by atoms with Crippen LogP contribution in [0.25, 0.3) is 0 Å². The molecule has 342 valence electrons. The number of fused-ring (bicyclic) bond motifs is 2. The molecule has 3 aliphatic rings. The number of benzene rings is 2. The van der Waals surface area contributed by atoms with Crippen molar-refractivity contribution in [1.29, 1.82) is 0 Å². The maximum Gasteiger partial charge on any atom is 0.294 e. The number of anilines is 1. The maximum absolute atomic E-state index is 12.6. The van der Waals surface area contributed by atoms with E-state index in [1.165, 1.54) is 24.3 Å². The van der Waals surface area contributed by atoms with Gasteiger partial charge in [-0.2, -0.15) is 21.4 Å². The molecule has 2 aromatic carbocycles. The molecule has 0 bridgehead atoms. The normalized spacial score (nSPS) is 24.1. The van der Waals surface area contributed by atoms with E-state index in [1.807, 2.05) is 65.0 Å². The van der Waals surface area contributed by atoms with Crippen LogP contribution in [-0.4, -0.2) is 126 Å². The van der Waals surface area contributed by atoms with Crippen LogP contribution in [0.5, 0.6) is 0 Å². The molecule has 1 fully saturated rings. The van der Waals surface area contributed by atoms with Crippen LogP contribution in [0.2, 0.25) is 0 Å². The number of aliphatic hydroxyl groups excluding tert-OH is 4. The number of carbonyl (C=O) groups excluding carboxylic acids is 1. The second-order valence-corrected chi connectivity index (χ2v) is 19.8. The van der Waals surface area contributed by atoms with Gasteiger partial charge in [0.2, 0.25) is 11.6 Å². The van der Waals surface area contributed by atoms with Crippen LogP contribution in [0.4, 0.5) is 11.4 Å². The van der Waals surface area contributed by atoms with Crippen molar-refractivity contribution in [1.82, 2.24) is 5.32 Å². The van der Waals surface area contributed by atoms with Crippen molar-refractivity contribution in [3.8, 4) is 0 Å². The number of carbonyl (C=O) groups is 1. The van der Waals surface area contributed by atoms with Crippen LogP contribution in [0.3, 0.4) is 0 Å². The molecule has 18 heteroatoms. The molecule has 1 saturated heterocycles. The quantitative estimate of drug-likeness (QED) is 0.0430. The second-order valence-electron chi connectivity index (χ2n) is 16.9. The van der Waals surface area contributed by atoms with Crippen molar-refractivity contribution in [2.75, 3.05) is 37.7 Å². The predicted molar refractivity (Wildman–Crippen MR) is 233 cm³/mol. The van der Waals surface area contributed by atoms with E-state index in [-0.39, 0.29) is 22.3 Å². The van der Waals surface area contributed by atoms with Crippen molar-refractivity contribution < 1.29 is 65.2 Å². The highest BCUT2D eigenvalue weighted by Gasteiger charge is 2.46. The number of allylic oxidation sites excluding steroid dienone is 6. The molecule has 0 aromatic heterocycles. The molecular weight excluding hydrogens is 843 g/mol. The third-order valence-electron chi connectivity index (χ3n) is 11.9. The van der Waals surface area contributed by atoms with Gasteiger partial charge in [-0.25, -0.2) is 0 Å². The molecule has 0 spiro atoms. The first-order chi connectivity index (χ1) is 29.1. The topological polar surface area (TPSA) is 243 Å². The lowest BCUT2D eigenvalue weighted by molar-refractivity contribution is -0.438. The largest absolute Gasteiger partial charge is 0.394 e. The molecule has 0 radical (unpaired) electrons. The molecule has 5 atom stereocenters. The summed E-state index contributed by atoms with van der Waals surface area (Å²) >= 11 is 0. The summed E-state index contributed by atoms with van der Waals surface area (Å²) < 4.78 is 80.2. The lowest BCUT2D eigenvalue weighted by Gasteiger charge is -2.39. The van der Waals surface area contributed by atoms with Crippen molar-refractivity contribution in [2.24, 2.45) is 0 Å². The Balaban J connectivity index is 1.16. The summed E-state index contributed by atoms with van der Waals surface area (Å²) in [6, 6.07) is 9.26. The zero-order valence-electron chi connectivity index (χ0n) is 36.0. The fraction of sp³-hybridized carbons (Fsp3) is 0.545. The summed E-state index contributed by atoms with van der Waals surface area (Å²) in [5.41, 5.74) is 3.96. The molecular formula is C44H62N3O13S2+. The van der Waals surface area contributed by atoms with Gasteiger partial charge < -0.3 is 40.1 Å². The molecule has 1 unspecified atom stereocenters. The number of ether oxygens (including phenoxy) is 2. The molecule has 3 heterocycles. The zero-order valence-corrected chi connectivity index (χ0v) is 37.6. The lowest BCUT2D eigenvalue weighted by atomic mass is 9.81. The minimum atomic E-state index is -4.43. The molecule has 5 rings (SSSR count). The Morgan fingerprint density at radius 1 is 0.855 bits per heavy atom. The number of amides is 1. The SMILES string of the molecule is CCN1/C(=C/C=C/C=C/C2=[N+](CCCCCC(=O)NCCCCCO[C@H]3[C@@H](O)[C@@H](CO)OC(O)[C@@H]3O)c3ccc(S(=O)(=O)O)cc3C2(C)C)C(C)(C)c2cc(S(=O)(=O)O)ccc21. The predicted octanol–water partition coefficient (Wildman–Crippen LogP) is 4.03. The first-order valence-electron chi connectivity index (χ1n) is 21.1. The number of likely N-dealkylation sites (N-methyl/N-ethyl adjacent to an activating group) is 1. The Morgan fingerprint density at radius 2 is 1.52 bits per heavy atom. The average Bonchev–Trinajstić information content (AvgIpc) is 3.56. The number of nitrogens with zero attached hydrogens (tertiary/aromatic N) is 2. The molecule has 3 aliphatic heterocycles. The van der Waals surface area contributed by atoms with E-state index in [0.29, 0.717) is 45.3 Å². The molecule has 0 saturated carbocycles. The van der Waals surface area contributed by atoms with Crippen LogP contribution >= 0.6 is 0 Å². The standard InChI is InChI=1S/C44H61N3O13S2/c1-6-46-33-21-19-29(61(53,54)55)26-31(33)43(2,3)36(46)16-10-7-11-17-37-44(4,5)32-27-30(62(56,57)58)20-22-34(32)47(37)24-14-8-12-18-38(49)45-23-13-9-15-25-59-41-39(50)35(28-48)60-42(52)40(41)51/h7,10-11,16-17,19-22,26-27,35,39-42,48,50-52H,6,8-9,12-15,18,23-25,28H2,1-5H3,(H2-,45,49,53,54,55,56,57,58)/p+1/t35-,39+,40-,41+,42?/m1/s1. The molecule has 1 amide bonds. The number of aliphatic hydroxyl groups is 4. The smallest absolute Gasteiger partial charge is 0.294 e. The van der Waals surface area contributed by atoms with Crippen LogP contribution < -0.4 is 10.2 Å². The molecule has 62 heavy (non-hydrogen) atoms. The van der Waals surface area contributed by atoms with Gasteiger partial charge in [-0.15, -0.1) is 0 Å². The minimum Gasteiger partial charge on any atom is -0.394 e. The zero-order chi connectivity index (χ0) is 45.6. The Kier molecular flexibility index (Phi) is 16.1. The molecule has 16 nitrogen and oxygen atoms in total. The van der Waals surface area contributed by atoms with E-state index < -0.39 is 68.4 Å². The van der Waals surface area contributed by atoms with E-state index in [9.17, 15) is 51.2 Å². The van der Waals surface area contributed by atoms with Gasteiger partial charge in [0.25, 0.3) is 20.2 Å². The van der Waals surface area contributed by atoms with Gasteiger partial charge in [-0.1, -0.05) is 32.1 Å². The molecule has 2 aromatic rings. The summed E-state index contributed by atoms with van der Waals surface area (Å²) in [4.78, 5) is 14.4. The summed E-state index contributed by atoms with van der Waals surface area (Å²) in [6.45, 7) is 11.4. The van der Waals surface area contributed by atoms with Crippen LogP contribution in [0.1, 0.15) is 90.7 Å². The fourth-order valence-electron chi connectivity index (χ4n) is 8.51. The number of hydrogen-bond acceptors (Lipinski definition) is 12. The Bertz CT molecular complexity index is 2290. The van der Waals surface area contributed by atoms with Gasteiger partial charge in [0.15, 0.2) is 12.0 Å². The average molecular weight is 905 g/mol. The summed E-state index contributed by atoms with van der Waals surface area (Å²) in [6.07, 6.45) is 7.78. The van der Waals surface area contributed by atoms with E-state index >= 15 is 0 Å². The van der Waals surface area contributed by atoms with Crippen molar-refractivity contribution in [3.05, 3.63) is 83.6 Å². The molecule has 7 N–H and O–H groups in total. The lowest BCUT2D eigenvalue weighted by Crippen LogP contribution is -2.59. The van der Waals surface area contributed by atoms with Crippen molar-refractivity contribution in [2.45, 2.75) is 131 Å². The third-order valence-corrected chi connectivity index (χ3v) is 13.6. The Hall–Kier alpha value is -3.82. The highest BCUT2D eigenvalue weighted by atomic mass is 32.2. The first kappa shape index (κ1) is 49.2. The van der Waals surface area contributed by atoms with E-state index in [4.69, 9.17) is 9.47 Å². The number of unbranched alkanes of at least 4 members (excludes halogenated alkanes) is 4. The van der Waals surface area contributed by atoms with E-state index in [1.54, 1.807) is 12.1 Å². The minimum absolute atomic E-state index is 0.0594. The highest BCUT2D eigenvalue weighted by Crippen LogP contribution is 2.48. The van der Waals surface area contributed by atoms with Gasteiger partial charge in [0, 0.05) is 67.0 Å². The van der Waals surface area contributed by atoms with Gasteiger partial charge in [0.05, 0.1) is 21.8 Å². The summed E-state index contributed by atoms with van der Waals surface area (Å²) in [7, 11) is -8.80. The monoisotopic (exact) mass is 904 g/mol. The second kappa shape index (κ2) is 20.3.